The van der Waals surface area contributed by atoms with Crippen molar-refractivity contribution < 1.29 is 9.59 Å². The minimum atomic E-state index is -0.195. The van der Waals surface area contributed by atoms with Crippen LogP contribution in [0.1, 0.15) is 50.2 Å². The molecule has 3 rings (SSSR count). The third-order valence-electron chi connectivity index (χ3n) is 6.24. The van der Waals surface area contributed by atoms with Crippen LogP contribution in [0.5, 0.6) is 0 Å². The molecule has 154 valence electrons. The summed E-state index contributed by atoms with van der Waals surface area (Å²) in [6, 6.07) is 9.09. The Kier molecular flexibility index (Phi) is 7.49. The predicted molar refractivity (Wildman–Crippen MR) is 112 cm³/mol. The number of nitrogens with one attached hydrogen (secondary N) is 1. The molecule has 0 saturated carbocycles. The number of carbonyl (C=O) groups excluding carboxylic acids is 2. The number of benzene rings is 1. The number of nitrogens with zero attached hydrogens (tertiary/aromatic N) is 2. The number of hydrogen-bond donors (Lipinski definition) is 1. The van der Waals surface area contributed by atoms with E-state index in [1.54, 1.807) is 0 Å². The highest BCUT2D eigenvalue weighted by atomic mass is 16.2. The first-order valence-electron chi connectivity index (χ1n) is 10.9. The first kappa shape index (κ1) is 20.8. The molecule has 2 atom stereocenters. The van der Waals surface area contributed by atoms with Crippen LogP contribution in [0.2, 0.25) is 0 Å². The predicted octanol–water partition coefficient (Wildman–Crippen LogP) is 2.77. The molecule has 1 aromatic carbocycles. The van der Waals surface area contributed by atoms with Crippen LogP contribution in [0.3, 0.4) is 0 Å². The number of rotatable bonds is 8. The summed E-state index contributed by atoms with van der Waals surface area (Å²) in [5, 5.41) is 3.06. The fourth-order valence-electron chi connectivity index (χ4n) is 4.31. The molecule has 0 spiro atoms. The lowest BCUT2D eigenvalue weighted by Crippen LogP contribution is -2.40. The Morgan fingerprint density at radius 1 is 1.18 bits per heavy atom. The molecule has 5 heteroatoms. The van der Waals surface area contributed by atoms with Gasteiger partial charge in [-0.15, -0.1) is 0 Å². The second-order valence-corrected chi connectivity index (χ2v) is 8.50. The quantitative estimate of drug-likeness (QED) is 0.700. The molecule has 2 saturated heterocycles. The SMILES string of the molecule is Cc1ccc(CCN2C[C@@H](C(=O)NCCCN3CCCC[C@H]3C)CC2=O)cc1. The standard InChI is InChI=1S/C23H35N3O2/c1-18-7-9-20(10-8-18)11-15-26-17-21(16-22(26)27)23(28)24-12-5-14-25-13-4-3-6-19(25)2/h7-10,19,21H,3-6,11-17H2,1-2H3,(H,24,28)/t19-,21+/m1/s1. The molecule has 5 nitrogen and oxygen atoms in total. The molecule has 0 aliphatic carbocycles. The zero-order chi connectivity index (χ0) is 19.9. The van der Waals surface area contributed by atoms with E-state index < -0.39 is 0 Å². The van der Waals surface area contributed by atoms with Gasteiger partial charge in [-0.25, -0.2) is 0 Å². The second kappa shape index (κ2) is 10.1. The summed E-state index contributed by atoms with van der Waals surface area (Å²) in [5.41, 5.74) is 2.48. The van der Waals surface area contributed by atoms with E-state index in [1.165, 1.54) is 36.9 Å². The summed E-state index contributed by atoms with van der Waals surface area (Å²) in [7, 11) is 0. The summed E-state index contributed by atoms with van der Waals surface area (Å²) in [6.07, 6.45) is 6.09. The molecule has 1 N–H and O–H groups in total. The van der Waals surface area contributed by atoms with Gasteiger partial charge in [-0.05, 0) is 51.6 Å². The van der Waals surface area contributed by atoms with Gasteiger partial charge in [0.2, 0.25) is 11.8 Å². The lowest BCUT2D eigenvalue weighted by atomic mass is 10.0. The minimum absolute atomic E-state index is 0.0397. The topological polar surface area (TPSA) is 52.7 Å². The minimum Gasteiger partial charge on any atom is -0.356 e. The Bertz CT molecular complexity index is 658. The molecule has 0 bridgehead atoms. The Morgan fingerprint density at radius 2 is 1.96 bits per heavy atom. The van der Waals surface area contributed by atoms with E-state index in [9.17, 15) is 9.59 Å². The summed E-state index contributed by atoms with van der Waals surface area (Å²) >= 11 is 0. The van der Waals surface area contributed by atoms with Crippen molar-refractivity contribution >= 4 is 11.8 Å². The maximum atomic E-state index is 12.5. The maximum absolute atomic E-state index is 12.5. The summed E-state index contributed by atoms with van der Waals surface area (Å²) in [6.45, 7) is 8.56. The Labute approximate surface area is 169 Å². The van der Waals surface area contributed by atoms with Crippen LogP contribution < -0.4 is 5.32 Å². The number of hydrogen-bond acceptors (Lipinski definition) is 3. The van der Waals surface area contributed by atoms with Crippen LogP contribution in [-0.2, 0) is 16.0 Å². The van der Waals surface area contributed by atoms with Gasteiger partial charge in [0.15, 0.2) is 0 Å². The van der Waals surface area contributed by atoms with Crippen molar-refractivity contribution in [2.24, 2.45) is 5.92 Å². The monoisotopic (exact) mass is 385 g/mol. The van der Waals surface area contributed by atoms with Crippen molar-refractivity contribution in [1.82, 2.24) is 15.1 Å². The molecule has 2 aliphatic rings. The van der Waals surface area contributed by atoms with Crippen LogP contribution in [0, 0.1) is 12.8 Å². The van der Waals surface area contributed by atoms with E-state index in [-0.39, 0.29) is 17.7 Å². The molecular weight excluding hydrogens is 350 g/mol. The Hall–Kier alpha value is -1.88. The smallest absolute Gasteiger partial charge is 0.225 e. The van der Waals surface area contributed by atoms with E-state index in [4.69, 9.17) is 0 Å². The van der Waals surface area contributed by atoms with Gasteiger partial charge < -0.3 is 15.1 Å². The van der Waals surface area contributed by atoms with Crippen LogP contribution >= 0.6 is 0 Å². The molecule has 2 aliphatic heterocycles. The fourth-order valence-corrected chi connectivity index (χ4v) is 4.31. The highest BCUT2D eigenvalue weighted by molar-refractivity contribution is 5.89. The molecule has 0 unspecified atom stereocenters. The van der Waals surface area contributed by atoms with Gasteiger partial charge in [0.1, 0.15) is 0 Å². The summed E-state index contributed by atoms with van der Waals surface area (Å²) in [4.78, 5) is 29.1. The molecule has 2 amide bonds. The van der Waals surface area contributed by atoms with Gasteiger partial charge in [0.05, 0.1) is 5.92 Å². The van der Waals surface area contributed by atoms with Gasteiger partial charge in [0.25, 0.3) is 0 Å². The van der Waals surface area contributed by atoms with Crippen LogP contribution in [0.25, 0.3) is 0 Å². The van der Waals surface area contributed by atoms with Gasteiger partial charge in [-0.3, -0.25) is 9.59 Å². The zero-order valence-corrected chi connectivity index (χ0v) is 17.5. The van der Waals surface area contributed by atoms with Gasteiger partial charge >= 0.3 is 0 Å². The molecule has 2 fully saturated rings. The number of carbonyl (C=O) groups is 2. The van der Waals surface area contributed by atoms with Crippen molar-refractivity contribution in [1.29, 1.82) is 0 Å². The van der Waals surface area contributed by atoms with E-state index in [2.05, 4.69) is 48.3 Å². The third-order valence-corrected chi connectivity index (χ3v) is 6.24. The van der Waals surface area contributed by atoms with Crippen molar-refractivity contribution in [2.75, 3.05) is 32.7 Å². The zero-order valence-electron chi connectivity index (χ0n) is 17.5. The Morgan fingerprint density at radius 3 is 2.71 bits per heavy atom. The summed E-state index contributed by atoms with van der Waals surface area (Å²) in [5.74, 6) is -0.0493. The van der Waals surface area contributed by atoms with Gasteiger partial charge in [-0.1, -0.05) is 36.2 Å². The number of piperidine rings is 1. The molecule has 0 aromatic heterocycles. The first-order chi connectivity index (χ1) is 13.5. The normalized spacial score (nSPS) is 23.2. The molecular formula is C23H35N3O2. The van der Waals surface area contributed by atoms with Crippen molar-refractivity contribution in [2.45, 2.75) is 58.4 Å². The van der Waals surface area contributed by atoms with E-state index in [1.807, 2.05) is 4.90 Å². The maximum Gasteiger partial charge on any atom is 0.225 e. The highest BCUT2D eigenvalue weighted by Crippen LogP contribution is 2.19. The van der Waals surface area contributed by atoms with Crippen LogP contribution in [0.15, 0.2) is 24.3 Å². The van der Waals surface area contributed by atoms with E-state index in [0.29, 0.717) is 32.1 Å². The largest absolute Gasteiger partial charge is 0.356 e. The molecule has 28 heavy (non-hydrogen) atoms. The molecule has 1 aromatic rings. The number of amides is 2. The number of aryl methyl sites for hydroxylation is 1. The number of likely N-dealkylation sites (tertiary alicyclic amines) is 2. The highest BCUT2D eigenvalue weighted by Gasteiger charge is 2.33. The Balaban J connectivity index is 1.35. The molecule has 0 radical (unpaired) electrons. The summed E-state index contributed by atoms with van der Waals surface area (Å²) < 4.78 is 0. The molecule has 2 heterocycles. The van der Waals surface area contributed by atoms with Gasteiger partial charge in [-0.2, -0.15) is 0 Å². The average Bonchev–Trinajstić information content (AvgIpc) is 3.07. The second-order valence-electron chi connectivity index (χ2n) is 8.50. The van der Waals surface area contributed by atoms with E-state index in [0.717, 1.165) is 19.4 Å². The fraction of sp³-hybridized carbons (Fsp3) is 0.652. The van der Waals surface area contributed by atoms with Crippen LogP contribution in [0.4, 0.5) is 0 Å². The van der Waals surface area contributed by atoms with Crippen LogP contribution in [-0.4, -0.2) is 60.4 Å². The third kappa shape index (κ3) is 5.81. The van der Waals surface area contributed by atoms with E-state index >= 15 is 0 Å². The van der Waals surface area contributed by atoms with Crippen molar-refractivity contribution in [3.8, 4) is 0 Å². The van der Waals surface area contributed by atoms with Gasteiger partial charge in [0, 0.05) is 38.6 Å². The average molecular weight is 386 g/mol. The van der Waals surface area contributed by atoms with Crippen molar-refractivity contribution in [3.63, 3.8) is 0 Å². The lowest BCUT2D eigenvalue weighted by Gasteiger charge is -2.33. The lowest BCUT2D eigenvalue weighted by molar-refractivity contribution is -0.129. The van der Waals surface area contributed by atoms with Crippen molar-refractivity contribution in [3.05, 3.63) is 35.4 Å². The first-order valence-corrected chi connectivity index (χ1v) is 10.9.